The number of rotatable bonds is 4. The Labute approximate surface area is 146 Å². The summed E-state index contributed by atoms with van der Waals surface area (Å²) in [5.74, 6) is -1.71. The van der Waals surface area contributed by atoms with Gasteiger partial charge in [-0.2, -0.15) is 17.9 Å². The summed E-state index contributed by atoms with van der Waals surface area (Å²) in [5.41, 5.74) is -3.76. The number of alkyl halides is 3. The molecule has 0 aliphatic rings. The lowest BCUT2D eigenvalue weighted by molar-refractivity contribution is -0.607. The highest BCUT2D eigenvalue weighted by molar-refractivity contribution is 7.91. The van der Waals surface area contributed by atoms with E-state index in [0.29, 0.717) is 11.7 Å². The number of carbonyl (C=O) groups excluding carboxylic acids is 1. The average molecular weight is 390 g/mol. The number of halogens is 3. The first kappa shape index (κ1) is 19.7. The monoisotopic (exact) mass is 390 g/mol. The van der Waals surface area contributed by atoms with E-state index in [4.69, 9.17) is 0 Å². The Bertz CT molecular complexity index is 925. The van der Waals surface area contributed by atoms with Gasteiger partial charge in [0, 0.05) is 11.8 Å². The Morgan fingerprint density at radius 2 is 1.73 bits per heavy atom. The van der Waals surface area contributed by atoms with Crippen LogP contribution in [0.1, 0.15) is 6.92 Å². The number of sulfone groups is 1. The number of carbonyl (C=O) groups is 1. The van der Waals surface area contributed by atoms with Gasteiger partial charge in [-0.1, -0.05) is 0 Å². The second-order valence-electron chi connectivity index (χ2n) is 5.45. The highest BCUT2D eigenvalue weighted by atomic mass is 32.2. The second-order valence-corrected chi connectivity index (χ2v) is 7.40. The number of benzene rings is 1. The zero-order chi connectivity index (χ0) is 19.8. The molecule has 2 N–H and O–H groups in total. The predicted octanol–water partition coefficient (Wildman–Crippen LogP) is 1.40. The molecule has 11 heteroatoms. The van der Waals surface area contributed by atoms with Crippen molar-refractivity contribution in [1.82, 2.24) is 0 Å². The Hall–Kier alpha value is -2.66. The van der Waals surface area contributed by atoms with E-state index in [2.05, 4.69) is 0 Å². The summed E-state index contributed by atoms with van der Waals surface area (Å²) in [6, 6.07) is 6.68. The molecule has 1 amide bonds. The van der Waals surface area contributed by atoms with Crippen LogP contribution in [0.3, 0.4) is 0 Å². The minimum absolute atomic E-state index is 0.148. The molecule has 2 aromatic rings. The van der Waals surface area contributed by atoms with Crippen molar-refractivity contribution in [2.75, 3.05) is 5.32 Å². The minimum Gasteiger partial charge on any atom is -0.619 e. The molecule has 0 bridgehead atoms. The van der Waals surface area contributed by atoms with Crippen LogP contribution in [0, 0.1) is 5.21 Å². The Kier molecular flexibility index (Phi) is 4.97. The van der Waals surface area contributed by atoms with Gasteiger partial charge in [-0.05, 0) is 37.3 Å². The Balaban J connectivity index is 2.25. The predicted molar refractivity (Wildman–Crippen MR) is 82.6 cm³/mol. The number of nitrogens with zero attached hydrogens (tertiary/aromatic N) is 1. The zero-order valence-corrected chi connectivity index (χ0v) is 14.0. The summed E-state index contributed by atoms with van der Waals surface area (Å²) in [4.78, 5) is 11.1. The van der Waals surface area contributed by atoms with Crippen LogP contribution in [-0.2, 0) is 14.6 Å². The molecule has 1 aromatic heterocycles. The van der Waals surface area contributed by atoms with E-state index in [1.165, 1.54) is 12.1 Å². The van der Waals surface area contributed by atoms with Crippen molar-refractivity contribution in [3.8, 4) is 0 Å². The number of pyridine rings is 1. The molecule has 1 aromatic carbocycles. The first-order valence-electron chi connectivity index (χ1n) is 7.00. The molecule has 0 saturated heterocycles. The number of anilines is 1. The van der Waals surface area contributed by atoms with Gasteiger partial charge in [0.2, 0.25) is 15.4 Å². The van der Waals surface area contributed by atoms with Gasteiger partial charge in [-0.3, -0.25) is 4.79 Å². The maximum absolute atomic E-state index is 12.6. The van der Waals surface area contributed by atoms with Gasteiger partial charge in [-0.15, -0.1) is 0 Å². The van der Waals surface area contributed by atoms with E-state index >= 15 is 0 Å². The van der Waals surface area contributed by atoms with Crippen LogP contribution in [0.4, 0.5) is 18.9 Å². The van der Waals surface area contributed by atoms with Gasteiger partial charge in [-0.25, -0.2) is 8.42 Å². The van der Waals surface area contributed by atoms with Crippen molar-refractivity contribution >= 4 is 21.4 Å². The van der Waals surface area contributed by atoms with E-state index in [9.17, 15) is 36.7 Å². The summed E-state index contributed by atoms with van der Waals surface area (Å²) in [5, 5.41) is 22.3. The fourth-order valence-electron chi connectivity index (χ4n) is 1.83. The lowest BCUT2D eigenvalue weighted by Crippen LogP contribution is -2.52. The number of hydrogen-bond acceptors (Lipinski definition) is 5. The third kappa shape index (κ3) is 3.78. The fourth-order valence-corrected chi connectivity index (χ4v) is 3.10. The summed E-state index contributed by atoms with van der Waals surface area (Å²) in [7, 11) is -4.02. The molecular formula is C15H13F3N2O5S. The molecule has 1 heterocycles. The van der Waals surface area contributed by atoms with Crippen molar-refractivity contribution in [3.63, 3.8) is 0 Å². The molecule has 140 valence electrons. The van der Waals surface area contributed by atoms with E-state index < -0.39 is 27.5 Å². The molecule has 26 heavy (non-hydrogen) atoms. The molecule has 1 unspecified atom stereocenters. The summed E-state index contributed by atoms with van der Waals surface area (Å²) >= 11 is 0. The zero-order valence-electron chi connectivity index (χ0n) is 13.2. The largest absolute Gasteiger partial charge is 0.619 e. The summed E-state index contributed by atoms with van der Waals surface area (Å²) in [6.07, 6.45) is -3.23. The third-order valence-electron chi connectivity index (χ3n) is 3.47. The smallest absolute Gasteiger partial charge is 0.426 e. The molecule has 0 aliphatic heterocycles. The lowest BCUT2D eigenvalue weighted by Gasteiger charge is -2.24. The molecule has 0 radical (unpaired) electrons. The highest BCUT2D eigenvalue weighted by Gasteiger charge is 2.55. The first-order valence-corrected chi connectivity index (χ1v) is 8.48. The number of nitrogens with one attached hydrogen (secondary N) is 1. The third-order valence-corrected chi connectivity index (χ3v) is 5.23. The molecular weight excluding hydrogens is 377 g/mol. The maximum atomic E-state index is 12.6. The number of hydrogen-bond donors (Lipinski definition) is 2. The molecule has 2 rings (SSSR count). The van der Waals surface area contributed by atoms with Gasteiger partial charge in [0.05, 0.1) is 4.90 Å². The van der Waals surface area contributed by atoms with Crippen LogP contribution in [0.2, 0.25) is 0 Å². The topological polar surface area (TPSA) is 110 Å². The Morgan fingerprint density at radius 3 is 2.23 bits per heavy atom. The van der Waals surface area contributed by atoms with Crippen molar-refractivity contribution in [2.24, 2.45) is 0 Å². The second kappa shape index (κ2) is 6.57. The van der Waals surface area contributed by atoms with Crippen LogP contribution in [0.15, 0.2) is 58.6 Å². The number of aliphatic hydroxyl groups is 1. The van der Waals surface area contributed by atoms with Gasteiger partial charge < -0.3 is 15.6 Å². The molecule has 7 nitrogen and oxygen atoms in total. The summed E-state index contributed by atoms with van der Waals surface area (Å²) in [6.45, 7) is 0.300. The van der Waals surface area contributed by atoms with E-state index in [0.717, 1.165) is 36.7 Å². The molecule has 0 saturated carbocycles. The van der Waals surface area contributed by atoms with E-state index in [-0.39, 0.29) is 15.5 Å². The fraction of sp³-hybridized carbons (Fsp3) is 0.200. The Morgan fingerprint density at radius 1 is 1.15 bits per heavy atom. The van der Waals surface area contributed by atoms with Crippen LogP contribution in [-0.4, -0.2) is 31.2 Å². The molecule has 0 fully saturated rings. The molecule has 0 spiro atoms. The van der Waals surface area contributed by atoms with Gasteiger partial charge in [0.25, 0.3) is 5.91 Å². The highest BCUT2D eigenvalue weighted by Crippen LogP contribution is 2.31. The van der Waals surface area contributed by atoms with Crippen LogP contribution in [0.25, 0.3) is 0 Å². The first-order chi connectivity index (χ1) is 11.9. The van der Waals surface area contributed by atoms with Crippen molar-refractivity contribution in [3.05, 3.63) is 54.0 Å². The minimum atomic E-state index is -5.18. The molecule has 1 atom stereocenters. The van der Waals surface area contributed by atoms with E-state index in [1.807, 2.05) is 5.32 Å². The number of amides is 1. The van der Waals surface area contributed by atoms with Crippen molar-refractivity contribution in [2.45, 2.75) is 28.5 Å². The summed E-state index contributed by atoms with van der Waals surface area (Å²) < 4.78 is 62.9. The maximum Gasteiger partial charge on any atom is 0.426 e. The van der Waals surface area contributed by atoms with E-state index in [1.54, 1.807) is 0 Å². The normalized spacial score (nSPS) is 14.5. The van der Waals surface area contributed by atoms with Gasteiger partial charge >= 0.3 is 6.18 Å². The standard InChI is InChI=1S/C15H13F3N2O5S/c1-14(22,15(16,17)18)13(21)19-10-4-6-11(7-5-10)26(24,25)12-3-2-8-20(23)9-12/h2-9,22H,1H3,(H,19,21). The number of aromatic nitrogens is 1. The van der Waals surface area contributed by atoms with Gasteiger partial charge in [0.1, 0.15) is 4.90 Å². The average Bonchev–Trinajstić information content (AvgIpc) is 2.54. The van der Waals surface area contributed by atoms with Crippen LogP contribution >= 0.6 is 0 Å². The van der Waals surface area contributed by atoms with Crippen LogP contribution in [0.5, 0.6) is 0 Å². The van der Waals surface area contributed by atoms with Crippen LogP contribution < -0.4 is 10.0 Å². The quantitative estimate of drug-likeness (QED) is 0.606. The lowest BCUT2D eigenvalue weighted by atomic mass is 10.1. The van der Waals surface area contributed by atoms with Crippen molar-refractivity contribution in [1.29, 1.82) is 0 Å². The molecule has 0 aliphatic carbocycles. The van der Waals surface area contributed by atoms with Crippen molar-refractivity contribution < 1.29 is 36.2 Å². The SMILES string of the molecule is CC(O)(C(=O)Nc1ccc(S(=O)(=O)c2ccc[n+]([O-])c2)cc1)C(F)(F)F. The van der Waals surface area contributed by atoms with Gasteiger partial charge in [0.15, 0.2) is 12.4 Å².